The average molecular weight is 427 g/mol. The number of hydrogen-bond donors (Lipinski definition) is 0. The molecule has 9 atom stereocenters. The Bertz CT molecular complexity index is 935. The molecule has 5 heteroatoms. The second-order valence-corrected chi connectivity index (χ2v) is 12.5. The number of rotatable bonds is 1. The fraction of sp³-hybridized carbons (Fsp3) is 0.720. The molecule has 1 heterocycles. The summed E-state index contributed by atoms with van der Waals surface area (Å²) in [5, 5.41) is 0.379. The third kappa shape index (κ3) is 2.23. The summed E-state index contributed by atoms with van der Waals surface area (Å²) >= 11 is 1.49. The molecule has 0 aromatic rings. The number of ketones is 1. The van der Waals surface area contributed by atoms with Gasteiger partial charge in [-0.2, -0.15) is 0 Å². The summed E-state index contributed by atoms with van der Waals surface area (Å²) < 4.78 is 6.20. The first kappa shape index (κ1) is 19.3. The zero-order chi connectivity index (χ0) is 21.1. The number of thioether (sulfide) groups is 1. The number of allylic oxidation sites excluding steroid dienone is 4. The van der Waals surface area contributed by atoms with Gasteiger partial charge >= 0.3 is 5.97 Å². The minimum Gasteiger partial charge on any atom is -0.458 e. The van der Waals surface area contributed by atoms with E-state index in [1.807, 2.05) is 6.08 Å². The zero-order valence-corrected chi connectivity index (χ0v) is 18.8. The highest BCUT2D eigenvalue weighted by Gasteiger charge is 2.79. The summed E-state index contributed by atoms with van der Waals surface area (Å²) in [5.74, 6) is 2.54. The van der Waals surface area contributed by atoms with Gasteiger partial charge in [0, 0.05) is 35.3 Å². The lowest BCUT2D eigenvalue weighted by atomic mass is 9.46. The van der Waals surface area contributed by atoms with Crippen molar-refractivity contribution in [1.29, 1.82) is 0 Å². The Hall–Kier alpha value is -1.36. The van der Waals surface area contributed by atoms with E-state index in [0.717, 1.165) is 25.7 Å². The van der Waals surface area contributed by atoms with E-state index >= 15 is 0 Å². The molecule has 2 unspecified atom stereocenters. The van der Waals surface area contributed by atoms with Crippen molar-refractivity contribution in [3.05, 3.63) is 23.8 Å². The molecule has 0 bridgehead atoms. The Morgan fingerprint density at radius 2 is 2.00 bits per heavy atom. The van der Waals surface area contributed by atoms with Crippen LogP contribution in [0, 0.1) is 40.4 Å². The standard InChI is InChI=1S/C25H30O4S/c1-13(26)30-19-11-14-10-15(27)4-7-23(14,2)17-5-8-24(3)22(21(17)19)16-12-18(16)25(24)9-6-20(28)29-25/h4,7,10,16-19,21-22H,5-6,8-9,11-12H2,1-3H3/t16?,17-,18?,19+,21-,22-,23-,24-,25-/m0/s1. The summed E-state index contributed by atoms with van der Waals surface area (Å²) in [6.45, 7) is 6.37. The minimum atomic E-state index is -0.273. The predicted octanol–water partition coefficient (Wildman–Crippen LogP) is 4.48. The average Bonchev–Trinajstić information content (AvgIpc) is 3.31. The SMILES string of the molecule is CC(=O)S[C@@H]1CC2=CC(=O)C=C[C@]2(C)[C@H]2CC[C@@]3(C)[C@@H](C4CC4[C@@]34CCC(=O)O4)[C@H]12. The van der Waals surface area contributed by atoms with Crippen molar-refractivity contribution >= 4 is 28.6 Å². The van der Waals surface area contributed by atoms with Crippen molar-refractivity contribution in [2.75, 3.05) is 0 Å². The topological polar surface area (TPSA) is 60.4 Å². The van der Waals surface area contributed by atoms with Crippen molar-refractivity contribution in [3.63, 3.8) is 0 Å². The van der Waals surface area contributed by atoms with Gasteiger partial charge in [0.2, 0.25) is 0 Å². The lowest BCUT2D eigenvalue weighted by molar-refractivity contribution is -0.174. The molecule has 5 aliphatic carbocycles. The van der Waals surface area contributed by atoms with Crippen LogP contribution in [-0.2, 0) is 19.1 Å². The van der Waals surface area contributed by atoms with Gasteiger partial charge < -0.3 is 4.74 Å². The van der Waals surface area contributed by atoms with Crippen LogP contribution in [0.1, 0.15) is 59.3 Å². The van der Waals surface area contributed by atoms with Crippen molar-refractivity contribution in [2.45, 2.75) is 70.1 Å². The summed E-state index contributed by atoms with van der Waals surface area (Å²) in [7, 11) is 0. The van der Waals surface area contributed by atoms with Gasteiger partial charge in [-0.3, -0.25) is 14.4 Å². The summed E-state index contributed by atoms with van der Waals surface area (Å²) in [5.41, 5.74) is 0.853. The summed E-state index contributed by atoms with van der Waals surface area (Å²) in [6.07, 6.45) is 11.3. The second kappa shape index (κ2) is 5.90. The first-order valence-corrected chi connectivity index (χ1v) is 12.4. The molecule has 1 aliphatic heterocycles. The van der Waals surface area contributed by atoms with Gasteiger partial charge in [-0.1, -0.05) is 37.3 Å². The van der Waals surface area contributed by atoms with Crippen molar-refractivity contribution in [1.82, 2.24) is 0 Å². The molecule has 1 spiro atoms. The summed E-state index contributed by atoms with van der Waals surface area (Å²) in [6, 6.07) is 0. The Labute approximate surface area is 182 Å². The fourth-order valence-corrected chi connectivity index (χ4v) is 10.0. The van der Waals surface area contributed by atoms with Crippen LogP contribution in [0.4, 0.5) is 0 Å². The van der Waals surface area contributed by atoms with E-state index in [4.69, 9.17) is 4.74 Å². The molecule has 5 fully saturated rings. The number of fused-ring (bicyclic) bond motifs is 9. The van der Waals surface area contributed by atoms with Crippen molar-refractivity contribution in [2.24, 2.45) is 40.4 Å². The van der Waals surface area contributed by atoms with Gasteiger partial charge in [-0.05, 0) is 67.9 Å². The normalized spacial score (nSPS) is 52.8. The van der Waals surface area contributed by atoms with Crippen LogP contribution in [0.2, 0.25) is 0 Å². The van der Waals surface area contributed by atoms with E-state index < -0.39 is 0 Å². The first-order chi connectivity index (χ1) is 14.2. The smallest absolute Gasteiger partial charge is 0.306 e. The number of carbonyl (C=O) groups is 3. The third-order valence-corrected chi connectivity index (χ3v) is 11.1. The van der Waals surface area contributed by atoms with Gasteiger partial charge in [0.05, 0.1) is 0 Å². The van der Waals surface area contributed by atoms with Gasteiger partial charge in [0.15, 0.2) is 10.9 Å². The summed E-state index contributed by atoms with van der Waals surface area (Å²) in [4.78, 5) is 36.6. The molecule has 160 valence electrons. The maximum Gasteiger partial charge on any atom is 0.306 e. The van der Waals surface area contributed by atoms with Crippen LogP contribution in [-0.4, -0.2) is 27.7 Å². The molecule has 0 radical (unpaired) electrons. The van der Waals surface area contributed by atoms with Gasteiger partial charge in [0.1, 0.15) is 5.60 Å². The molecule has 4 nitrogen and oxygen atoms in total. The number of esters is 1. The molecule has 30 heavy (non-hydrogen) atoms. The fourth-order valence-electron chi connectivity index (χ4n) is 8.82. The molecular formula is C25H30O4S. The van der Waals surface area contributed by atoms with Gasteiger partial charge in [-0.25, -0.2) is 0 Å². The third-order valence-electron chi connectivity index (χ3n) is 9.99. The largest absolute Gasteiger partial charge is 0.458 e. The monoisotopic (exact) mass is 426 g/mol. The van der Waals surface area contributed by atoms with E-state index in [2.05, 4.69) is 19.9 Å². The van der Waals surface area contributed by atoms with E-state index in [9.17, 15) is 14.4 Å². The highest BCUT2D eigenvalue weighted by atomic mass is 32.2. The lowest BCUT2D eigenvalue weighted by Gasteiger charge is -2.61. The van der Waals surface area contributed by atoms with Gasteiger partial charge in [-0.15, -0.1) is 0 Å². The Morgan fingerprint density at radius 3 is 2.70 bits per heavy atom. The quantitative estimate of drug-likeness (QED) is 0.579. The van der Waals surface area contributed by atoms with Crippen LogP contribution >= 0.6 is 11.8 Å². The van der Waals surface area contributed by atoms with Crippen molar-refractivity contribution < 1.29 is 19.1 Å². The molecule has 0 N–H and O–H groups in total. The van der Waals surface area contributed by atoms with Crippen molar-refractivity contribution in [3.8, 4) is 0 Å². The Kier molecular flexibility index (Phi) is 3.81. The minimum absolute atomic E-state index is 0.00921. The van der Waals surface area contributed by atoms with E-state index in [1.165, 1.54) is 23.8 Å². The molecule has 1 saturated heterocycles. The van der Waals surface area contributed by atoms with E-state index in [-0.39, 0.29) is 38.5 Å². The molecule has 0 aromatic heterocycles. The highest BCUT2D eigenvalue weighted by Crippen LogP contribution is 2.79. The second-order valence-electron chi connectivity index (χ2n) is 11.1. The molecule has 0 amide bonds. The highest BCUT2D eigenvalue weighted by molar-refractivity contribution is 8.14. The maximum atomic E-state index is 12.2. The Morgan fingerprint density at radius 1 is 1.20 bits per heavy atom. The molecular weight excluding hydrogens is 396 g/mol. The van der Waals surface area contributed by atoms with Crippen LogP contribution in [0.5, 0.6) is 0 Å². The lowest BCUT2D eigenvalue weighted by Crippen LogP contribution is -2.59. The number of ether oxygens (including phenoxy) is 1. The Balaban J connectivity index is 1.45. The molecule has 6 aliphatic rings. The van der Waals surface area contributed by atoms with Gasteiger partial charge in [0.25, 0.3) is 0 Å². The molecule has 0 aromatic carbocycles. The van der Waals surface area contributed by atoms with Crippen LogP contribution in [0.25, 0.3) is 0 Å². The maximum absolute atomic E-state index is 12.2. The van der Waals surface area contributed by atoms with Crippen LogP contribution in [0.3, 0.4) is 0 Å². The first-order valence-electron chi connectivity index (χ1n) is 11.5. The number of carbonyl (C=O) groups excluding carboxylic acids is 3. The van der Waals surface area contributed by atoms with Crippen LogP contribution in [0.15, 0.2) is 23.8 Å². The molecule has 4 saturated carbocycles. The zero-order valence-electron chi connectivity index (χ0n) is 18.0. The predicted molar refractivity (Wildman–Crippen MR) is 114 cm³/mol. The van der Waals surface area contributed by atoms with E-state index in [0.29, 0.717) is 36.0 Å². The van der Waals surface area contributed by atoms with Crippen LogP contribution < -0.4 is 0 Å². The van der Waals surface area contributed by atoms with E-state index in [1.54, 1.807) is 13.0 Å². The number of hydrogen-bond acceptors (Lipinski definition) is 5. The molecule has 6 rings (SSSR count).